The zero-order chi connectivity index (χ0) is 17.0. The van der Waals surface area contributed by atoms with Crippen LogP contribution in [0.2, 0.25) is 0 Å². The standard InChI is InChI=1S/C17H23FN2O2S/c1-11(13-3-5-15(18)6-4-13)23-12(2)17(22)20-9-7-14(8-10-20)16(19)21/h3-6,11-12,14H,7-10H2,1-2H3,(H2,19,21)/t11-,12+/m0/s1. The summed E-state index contributed by atoms with van der Waals surface area (Å²) in [5.74, 6) is -0.552. The molecular weight excluding hydrogens is 315 g/mol. The molecule has 23 heavy (non-hydrogen) atoms. The number of likely N-dealkylation sites (tertiary alicyclic amines) is 1. The van der Waals surface area contributed by atoms with Crippen molar-refractivity contribution in [2.45, 2.75) is 37.2 Å². The zero-order valence-corrected chi connectivity index (χ0v) is 14.3. The third-order valence-corrected chi connectivity index (χ3v) is 5.59. The van der Waals surface area contributed by atoms with E-state index in [1.54, 1.807) is 23.9 Å². The number of hydrogen-bond acceptors (Lipinski definition) is 3. The third kappa shape index (κ3) is 4.70. The zero-order valence-electron chi connectivity index (χ0n) is 13.5. The highest BCUT2D eigenvalue weighted by Gasteiger charge is 2.29. The Balaban J connectivity index is 1.87. The number of piperidine rings is 1. The Kier molecular flexibility index (Phi) is 6.04. The number of rotatable bonds is 5. The van der Waals surface area contributed by atoms with Gasteiger partial charge in [-0.15, -0.1) is 11.8 Å². The third-order valence-electron chi connectivity index (χ3n) is 4.30. The molecule has 1 aromatic carbocycles. The molecule has 0 bridgehead atoms. The molecule has 126 valence electrons. The lowest BCUT2D eigenvalue weighted by Gasteiger charge is -2.32. The van der Waals surface area contributed by atoms with Gasteiger partial charge in [-0.1, -0.05) is 12.1 Å². The summed E-state index contributed by atoms with van der Waals surface area (Å²) in [5, 5.41) is -0.0714. The lowest BCUT2D eigenvalue weighted by atomic mass is 9.96. The average molecular weight is 338 g/mol. The molecule has 2 amide bonds. The van der Waals surface area contributed by atoms with E-state index in [0.717, 1.165) is 5.56 Å². The van der Waals surface area contributed by atoms with E-state index >= 15 is 0 Å². The summed E-state index contributed by atoms with van der Waals surface area (Å²) in [4.78, 5) is 25.5. The second-order valence-electron chi connectivity index (χ2n) is 5.97. The second-order valence-corrected chi connectivity index (χ2v) is 7.66. The van der Waals surface area contributed by atoms with Gasteiger partial charge in [-0.05, 0) is 44.4 Å². The van der Waals surface area contributed by atoms with Gasteiger partial charge < -0.3 is 10.6 Å². The van der Waals surface area contributed by atoms with Crippen LogP contribution in [-0.4, -0.2) is 35.1 Å². The maximum atomic E-state index is 13.0. The van der Waals surface area contributed by atoms with Gasteiger partial charge in [-0.2, -0.15) is 0 Å². The van der Waals surface area contributed by atoms with Crippen molar-refractivity contribution >= 4 is 23.6 Å². The molecule has 1 saturated heterocycles. The number of halogens is 1. The summed E-state index contributed by atoms with van der Waals surface area (Å²) in [7, 11) is 0. The first-order valence-corrected chi connectivity index (χ1v) is 8.81. The van der Waals surface area contributed by atoms with Crippen LogP contribution in [0.15, 0.2) is 24.3 Å². The molecule has 2 N–H and O–H groups in total. The summed E-state index contributed by atoms with van der Waals surface area (Å²) in [6.45, 7) is 5.08. The molecule has 0 aromatic heterocycles. The Hall–Kier alpha value is -1.56. The Labute approximate surface area is 140 Å². The Morgan fingerprint density at radius 1 is 1.22 bits per heavy atom. The summed E-state index contributed by atoms with van der Waals surface area (Å²) >= 11 is 1.56. The molecule has 6 heteroatoms. The lowest BCUT2D eigenvalue weighted by molar-refractivity contribution is -0.134. The minimum absolute atomic E-state index is 0.0897. The maximum absolute atomic E-state index is 13.0. The number of hydrogen-bond donors (Lipinski definition) is 1. The van der Waals surface area contributed by atoms with E-state index in [2.05, 4.69) is 0 Å². The number of carbonyl (C=O) groups is 2. The molecule has 1 heterocycles. The Morgan fingerprint density at radius 3 is 2.30 bits per heavy atom. The van der Waals surface area contributed by atoms with Gasteiger partial charge in [0.05, 0.1) is 5.25 Å². The first kappa shape index (κ1) is 17.8. The van der Waals surface area contributed by atoms with Crippen molar-refractivity contribution in [1.29, 1.82) is 0 Å². The van der Waals surface area contributed by atoms with Gasteiger partial charge in [0.15, 0.2) is 0 Å². The molecule has 0 unspecified atom stereocenters. The maximum Gasteiger partial charge on any atom is 0.235 e. The fraction of sp³-hybridized carbons (Fsp3) is 0.529. The fourth-order valence-electron chi connectivity index (χ4n) is 2.82. The van der Waals surface area contributed by atoms with E-state index in [-0.39, 0.29) is 34.0 Å². The van der Waals surface area contributed by atoms with Crippen LogP contribution in [0.5, 0.6) is 0 Å². The van der Waals surface area contributed by atoms with E-state index in [4.69, 9.17) is 5.73 Å². The summed E-state index contributed by atoms with van der Waals surface area (Å²) in [6, 6.07) is 6.38. The number of primary amides is 1. The van der Waals surface area contributed by atoms with E-state index < -0.39 is 0 Å². The van der Waals surface area contributed by atoms with E-state index in [0.29, 0.717) is 25.9 Å². The summed E-state index contributed by atoms with van der Waals surface area (Å²) in [6.07, 6.45) is 1.29. The monoisotopic (exact) mass is 338 g/mol. The van der Waals surface area contributed by atoms with Crippen molar-refractivity contribution in [3.05, 3.63) is 35.6 Å². The van der Waals surface area contributed by atoms with Crippen molar-refractivity contribution in [1.82, 2.24) is 4.90 Å². The largest absolute Gasteiger partial charge is 0.369 e. The van der Waals surface area contributed by atoms with Gasteiger partial charge in [0.1, 0.15) is 5.82 Å². The number of nitrogens with zero attached hydrogens (tertiary/aromatic N) is 1. The summed E-state index contributed by atoms with van der Waals surface area (Å²) in [5.41, 5.74) is 6.32. The van der Waals surface area contributed by atoms with Crippen LogP contribution in [0.4, 0.5) is 4.39 Å². The number of benzene rings is 1. The molecular formula is C17H23FN2O2S. The molecule has 0 radical (unpaired) electrons. The van der Waals surface area contributed by atoms with Crippen molar-refractivity contribution in [2.75, 3.05) is 13.1 Å². The SMILES string of the molecule is C[C@H](S[C@H](C)C(=O)N1CCC(C(N)=O)CC1)c1ccc(F)cc1. The predicted molar refractivity (Wildman–Crippen MR) is 90.4 cm³/mol. The quantitative estimate of drug-likeness (QED) is 0.898. The van der Waals surface area contributed by atoms with Crippen LogP contribution in [0, 0.1) is 11.7 Å². The molecule has 1 fully saturated rings. The van der Waals surface area contributed by atoms with Crippen LogP contribution in [0.25, 0.3) is 0 Å². The molecule has 0 spiro atoms. The van der Waals surface area contributed by atoms with Gasteiger partial charge in [-0.25, -0.2) is 4.39 Å². The molecule has 0 saturated carbocycles. The second kappa shape index (κ2) is 7.81. The van der Waals surface area contributed by atoms with Crippen LogP contribution < -0.4 is 5.73 Å². The number of amides is 2. The smallest absolute Gasteiger partial charge is 0.235 e. The van der Waals surface area contributed by atoms with E-state index in [9.17, 15) is 14.0 Å². The minimum atomic E-state index is -0.274. The van der Waals surface area contributed by atoms with Crippen molar-refractivity contribution < 1.29 is 14.0 Å². The van der Waals surface area contributed by atoms with E-state index in [1.165, 1.54) is 12.1 Å². The normalized spacial score (nSPS) is 18.5. The molecule has 1 aliphatic rings. The molecule has 1 aromatic rings. The topological polar surface area (TPSA) is 63.4 Å². The highest BCUT2D eigenvalue weighted by Crippen LogP contribution is 2.33. The molecule has 4 nitrogen and oxygen atoms in total. The van der Waals surface area contributed by atoms with Gasteiger partial charge in [0.25, 0.3) is 0 Å². The first-order valence-electron chi connectivity index (χ1n) is 7.87. The minimum Gasteiger partial charge on any atom is -0.369 e. The Morgan fingerprint density at radius 2 is 1.78 bits per heavy atom. The molecule has 2 atom stereocenters. The van der Waals surface area contributed by atoms with Gasteiger partial charge in [-0.3, -0.25) is 9.59 Å². The predicted octanol–water partition coefficient (Wildman–Crippen LogP) is 2.73. The number of nitrogens with two attached hydrogens (primary N) is 1. The van der Waals surface area contributed by atoms with Gasteiger partial charge in [0, 0.05) is 24.3 Å². The highest BCUT2D eigenvalue weighted by atomic mass is 32.2. The van der Waals surface area contributed by atoms with Gasteiger partial charge in [0.2, 0.25) is 11.8 Å². The van der Waals surface area contributed by atoms with Crippen LogP contribution in [0.3, 0.4) is 0 Å². The van der Waals surface area contributed by atoms with Crippen LogP contribution in [0.1, 0.15) is 37.5 Å². The van der Waals surface area contributed by atoms with Crippen molar-refractivity contribution in [2.24, 2.45) is 11.7 Å². The van der Waals surface area contributed by atoms with Crippen LogP contribution in [-0.2, 0) is 9.59 Å². The lowest BCUT2D eigenvalue weighted by Crippen LogP contribution is -2.44. The van der Waals surface area contributed by atoms with Gasteiger partial charge >= 0.3 is 0 Å². The summed E-state index contributed by atoms with van der Waals surface area (Å²) < 4.78 is 13.0. The average Bonchev–Trinajstić information content (AvgIpc) is 2.54. The first-order chi connectivity index (χ1) is 10.9. The fourth-order valence-corrected chi connectivity index (χ4v) is 4.01. The van der Waals surface area contributed by atoms with E-state index in [1.807, 2.05) is 18.7 Å². The number of thioether (sulfide) groups is 1. The molecule has 1 aliphatic heterocycles. The Bertz CT molecular complexity index is 556. The highest BCUT2D eigenvalue weighted by molar-refractivity contribution is 8.00. The van der Waals surface area contributed by atoms with Crippen LogP contribution >= 0.6 is 11.8 Å². The number of carbonyl (C=O) groups excluding carboxylic acids is 2. The van der Waals surface area contributed by atoms with Crippen molar-refractivity contribution in [3.8, 4) is 0 Å². The van der Waals surface area contributed by atoms with Crippen molar-refractivity contribution in [3.63, 3.8) is 0 Å². The molecule has 2 rings (SSSR count). The molecule has 0 aliphatic carbocycles.